The van der Waals surface area contributed by atoms with Crippen LogP contribution in [0.2, 0.25) is 0 Å². The zero-order chi connectivity index (χ0) is 15.1. The van der Waals surface area contributed by atoms with Gasteiger partial charge in [-0.3, -0.25) is 4.99 Å². The first-order chi connectivity index (χ1) is 10.3. The van der Waals surface area contributed by atoms with Crippen LogP contribution in [0.25, 0.3) is 0 Å². The Balaban J connectivity index is 1.97. The number of aliphatic imine (C=N–C) groups is 1. The molecule has 5 heteroatoms. The fraction of sp³-hybridized carbons (Fsp3) is 0.562. The molecule has 1 aromatic rings. The molecule has 0 aliphatic carbocycles. The van der Waals surface area contributed by atoms with E-state index in [0.717, 1.165) is 51.0 Å². The van der Waals surface area contributed by atoms with Crippen molar-refractivity contribution in [1.29, 1.82) is 0 Å². The third-order valence-corrected chi connectivity index (χ3v) is 3.64. The topological polar surface area (TPSA) is 40.1 Å². The van der Waals surface area contributed by atoms with Crippen molar-refractivity contribution < 1.29 is 4.74 Å². The van der Waals surface area contributed by atoms with E-state index in [0.29, 0.717) is 0 Å². The minimum atomic E-state index is 0.818. The predicted molar refractivity (Wildman–Crippen MR) is 88.4 cm³/mol. The molecular formula is C16H26N4O. The summed E-state index contributed by atoms with van der Waals surface area (Å²) in [5, 5.41) is 3.36. The molecular weight excluding hydrogens is 264 g/mol. The van der Waals surface area contributed by atoms with Crippen molar-refractivity contribution in [2.45, 2.75) is 13.8 Å². The van der Waals surface area contributed by atoms with Gasteiger partial charge in [-0.2, -0.15) is 0 Å². The van der Waals surface area contributed by atoms with E-state index in [1.54, 1.807) is 7.11 Å². The number of anilines is 1. The normalized spacial score (nSPS) is 16.0. The molecule has 1 saturated heterocycles. The van der Waals surface area contributed by atoms with Crippen LogP contribution in [0.5, 0.6) is 5.75 Å². The largest absolute Gasteiger partial charge is 0.497 e. The van der Waals surface area contributed by atoms with Gasteiger partial charge in [0.15, 0.2) is 5.96 Å². The van der Waals surface area contributed by atoms with Crippen molar-refractivity contribution in [2.24, 2.45) is 4.99 Å². The lowest BCUT2D eigenvalue weighted by Crippen LogP contribution is -2.52. The molecule has 0 saturated carbocycles. The molecule has 2 rings (SSSR count). The molecule has 1 aliphatic heterocycles. The van der Waals surface area contributed by atoms with Gasteiger partial charge >= 0.3 is 0 Å². The maximum Gasteiger partial charge on any atom is 0.194 e. The number of hydrogen-bond donors (Lipinski definition) is 1. The summed E-state index contributed by atoms with van der Waals surface area (Å²) in [6.07, 6.45) is 0. The van der Waals surface area contributed by atoms with Gasteiger partial charge in [-0.25, -0.2) is 0 Å². The predicted octanol–water partition coefficient (Wildman–Crippen LogP) is 1.80. The Morgan fingerprint density at radius 2 is 2.00 bits per heavy atom. The van der Waals surface area contributed by atoms with Crippen LogP contribution in [-0.2, 0) is 0 Å². The van der Waals surface area contributed by atoms with Crippen molar-refractivity contribution in [3.8, 4) is 5.75 Å². The summed E-state index contributed by atoms with van der Waals surface area (Å²) < 4.78 is 5.30. The number of nitrogens with one attached hydrogen (secondary N) is 1. The van der Waals surface area contributed by atoms with Gasteiger partial charge in [-0.05, 0) is 26.0 Å². The molecule has 1 N–H and O–H groups in total. The molecule has 0 radical (unpaired) electrons. The quantitative estimate of drug-likeness (QED) is 0.678. The number of methoxy groups -OCH3 is 1. The van der Waals surface area contributed by atoms with Gasteiger partial charge in [-0.15, -0.1) is 0 Å². The highest BCUT2D eigenvalue weighted by Gasteiger charge is 2.19. The van der Waals surface area contributed by atoms with Crippen LogP contribution in [0.1, 0.15) is 13.8 Å². The average Bonchev–Trinajstić information content (AvgIpc) is 2.55. The summed E-state index contributed by atoms with van der Waals surface area (Å²) in [5.74, 6) is 1.95. The third-order valence-electron chi connectivity index (χ3n) is 3.64. The Bertz CT molecular complexity index is 467. The van der Waals surface area contributed by atoms with E-state index in [2.05, 4.69) is 46.1 Å². The number of rotatable bonds is 4. The molecule has 1 aliphatic rings. The van der Waals surface area contributed by atoms with Crippen LogP contribution in [0.4, 0.5) is 5.69 Å². The second-order valence-corrected chi connectivity index (χ2v) is 5.00. The molecule has 0 bridgehead atoms. The number of benzene rings is 1. The van der Waals surface area contributed by atoms with Crippen LogP contribution < -0.4 is 15.0 Å². The standard InChI is InChI=1S/C16H26N4O/c1-4-17-16(18-5-2)20-11-9-19(10-12-20)14-7-6-8-15(13-14)21-3/h6-8,13H,4-5,9-12H2,1-3H3,(H,17,18). The van der Waals surface area contributed by atoms with Crippen LogP contribution in [0.3, 0.4) is 0 Å². The molecule has 21 heavy (non-hydrogen) atoms. The van der Waals surface area contributed by atoms with E-state index in [1.165, 1.54) is 5.69 Å². The lowest BCUT2D eigenvalue weighted by atomic mass is 10.2. The number of ether oxygens (including phenoxy) is 1. The molecule has 0 aromatic heterocycles. The van der Waals surface area contributed by atoms with E-state index in [4.69, 9.17) is 4.74 Å². The monoisotopic (exact) mass is 290 g/mol. The van der Waals surface area contributed by atoms with E-state index >= 15 is 0 Å². The maximum atomic E-state index is 5.30. The van der Waals surface area contributed by atoms with Crippen LogP contribution >= 0.6 is 0 Å². The number of hydrogen-bond acceptors (Lipinski definition) is 3. The highest BCUT2D eigenvalue weighted by Crippen LogP contribution is 2.22. The molecule has 0 unspecified atom stereocenters. The minimum Gasteiger partial charge on any atom is -0.497 e. The highest BCUT2D eigenvalue weighted by molar-refractivity contribution is 5.80. The van der Waals surface area contributed by atoms with Crippen LogP contribution in [0.15, 0.2) is 29.3 Å². The molecule has 0 spiro atoms. The van der Waals surface area contributed by atoms with Gasteiger partial charge in [-0.1, -0.05) is 6.07 Å². The Labute approximate surface area is 127 Å². The van der Waals surface area contributed by atoms with Gasteiger partial charge in [0.25, 0.3) is 0 Å². The van der Waals surface area contributed by atoms with Crippen molar-refractivity contribution in [2.75, 3.05) is 51.3 Å². The minimum absolute atomic E-state index is 0.818. The lowest BCUT2D eigenvalue weighted by molar-refractivity contribution is 0.372. The average molecular weight is 290 g/mol. The van der Waals surface area contributed by atoms with Crippen LogP contribution in [-0.4, -0.2) is 57.2 Å². The SMILES string of the molecule is CCN=C(NCC)N1CCN(c2cccc(OC)c2)CC1. The number of nitrogens with zero attached hydrogens (tertiary/aromatic N) is 3. The zero-order valence-corrected chi connectivity index (χ0v) is 13.3. The van der Waals surface area contributed by atoms with Crippen LogP contribution in [0, 0.1) is 0 Å². The number of piperazine rings is 1. The summed E-state index contributed by atoms with van der Waals surface area (Å²) in [5.41, 5.74) is 1.23. The van der Waals surface area contributed by atoms with Crippen molar-refractivity contribution >= 4 is 11.6 Å². The zero-order valence-electron chi connectivity index (χ0n) is 13.3. The first-order valence-electron chi connectivity index (χ1n) is 7.70. The second-order valence-electron chi connectivity index (χ2n) is 5.00. The second kappa shape index (κ2) is 7.76. The molecule has 0 atom stereocenters. The molecule has 1 aromatic carbocycles. The highest BCUT2D eigenvalue weighted by atomic mass is 16.5. The van der Waals surface area contributed by atoms with Gasteiger partial charge in [0, 0.05) is 51.0 Å². The van der Waals surface area contributed by atoms with E-state index in [9.17, 15) is 0 Å². The Kier molecular flexibility index (Phi) is 5.72. The Hall–Kier alpha value is -1.91. The van der Waals surface area contributed by atoms with E-state index < -0.39 is 0 Å². The summed E-state index contributed by atoms with van der Waals surface area (Å²) >= 11 is 0. The van der Waals surface area contributed by atoms with Gasteiger partial charge < -0.3 is 19.9 Å². The van der Waals surface area contributed by atoms with E-state index in [-0.39, 0.29) is 0 Å². The van der Waals surface area contributed by atoms with Gasteiger partial charge in [0.05, 0.1) is 7.11 Å². The summed E-state index contributed by atoms with van der Waals surface area (Å²) in [6, 6.07) is 8.27. The smallest absolute Gasteiger partial charge is 0.194 e. The van der Waals surface area contributed by atoms with Crippen molar-refractivity contribution in [3.05, 3.63) is 24.3 Å². The molecule has 5 nitrogen and oxygen atoms in total. The molecule has 0 amide bonds. The van der Waals surface area contributed by atoms with E-state index in [1.807, 2.05) is 12.1 Å². The maximum absolute atomic E-state index is 5.30. The van der Waals surface area contributed by atoms with Crippen molar-refractivity contribution in [1.82, 2.24) is 10.2 Å². The molecule has 1 heterocycles. The Morgan fingerprint density at radius 3 is 2.62 bits per heavy atom. The van der Waals surface area contributed by atoms with Crippen molar-refractivity contribution in [3.63, 3.8) is 0 Å². The summed E-state index contributed by atoms with van der Waals surface area (Å²) in [4.78, 5) is 9.29. The number of guanidine groups is 1. The third kappa shape index (κ3) is 4.03. The van der Waals surface area contributed by atoms with Gasteiger partial charge in [0.1, 0.15) is 5.75 Å². The fourth-order valence-corrected chi connectivity index (χ4v) is 2.56. The lowest BCUT2D eigenvalue weighted by Gasteiger charge is -2.37. The Morgan fingerprint density at radius 1 is 1.24 bits per heavy atom. The first-order valence-corrected chi connectivity index (χ1v) is 7.70. The molecule has 116 valence electrons. The molecule has 1 fully saturated rings. The summed E-state index contributed by atoms with van der Waals surface area (Å²) in [7, 11) is 1.71. The fourth-order valence-electron chi connectivity index (χ4n) is 2.56. The van der Waals surface area contributed by atoms with Gasteiger partial charge in [0.2, 0.25) is 0 Å². The first kappa shape index (κ1) is 15.5. The summed E-state index contributed by atoms with van der Waals surface area (Å²) in [6.45, 7) is 9.89.